The Morgan fingerprint density at radius 3 is 2.53 bits per heavy atom. The van der Waals surface area contributed by atoms with Crippen molar-refractivity contribution in [3.05, 3.63) is 76.0 Å². The lowest BCUT2D eigenvalue weighted by Crippen LogP contribution is -2.62. The van der Waals surface area contributed by atoms with Crippen molar-refractivity contribution in [3.63, 3.8) is 0 Å². The topological polar surface area (TPSA) is 57.6 Å². The van der Waals surface area contributed by atoms with Crippen LogP contribution in [0.4, 0.5) is 4.39 Å². The average molecular weight is 449 g/mol. The van der Waals surface area contributed by atoms with Crippen molar-refractivity contribution < 1.29 is 9.18 Å². The molecule has 1 saturated heterocycles. The molecule has 7 heteroatoms. The molecule has 3 heterocycles. The van der Waals surface area contributed by atoms with E-state index in [0.717, 1.165) is 16.0 Å². The first kappa shape index (κ1) is 20.8. The predicted molar refractivity (Wildman–Crippen MR) is 125 cm³/mol. The Labute approximate surface area is 191 Å². The first-order chi connectivity index (χ1) is 15.4. The zero-order valence-corrected chi connectivity index (χ0v) is 19.1. The maximum Gasteiger partial charge on any atom is 0.239 e. The number of aliphatic imine (C=N–C) groups is 1. The quantitative estimate of drug-likeness (QED) is 0.619. The summed E-state index contributed by atoms with van der Waals surface area (Å²) in [5.41, 5.74) is 3.20. The molecular weight excluding hydrogens is 423 g/mol. The molecule has 5 nitrogen and oxygen atoms in total. The summed E-state index contributed by atoms with van der Waals surface area (Å²) in [6.07, 6.45) is 5.33. The van der Waals surface area contributed by atoms with Crippen LogP contribution in [0.15, 0.2) is 59.2 Å². The maximum atomic E-state index is 13.7. The van der Waals surface area contributed by atoms with Gasteiger partial charge in [0.05, 0.1) is 17.7 Å². The van der Waals surface area contributed by atoms with Gasteiger partial charge >= 0.3 is 0 Å². The summed E-state index contributed by atoms with van der Waals surface area (Å²) >= 11 is 1.55. The SMILES string of the molecule is CN=C1N[C@](C)(c2cc(-c3cncc(F)c3)cs2)[C@@H](c2ccc(C3CC3)cc2)C(=O)N1C. The number of likely N-dealkylation sites (N-methyl/N-ethyl adjacent to an activating group) is 1. The van der Waals surface area contributed by atoms with Gasteiger partial charge in [0.25, 0.3) is 0 Å². The smallest absolute Gasteiger partial charge is 0.239 e. The number of nitrogens with one attached hydrogen (secondary N) is 1. The Morgan fingerprint density at radius 1 is 1.16 bits per heavy atom. The molecule has 5 rings (SSSR count). The molecule has 1 amide bonds. The Bertz CT molecular complexity index is 1200. The molecule has 3 aromatic rings. The lowest BCUT2D eigenvalue weighted by molar-refractivity contribution is -0.131. The molecule has 2 atom stereocenters. The van der Waals surface area contributed by atoms with Crippen molar-refractivity contribution in [3.8, 4) is 11.1 Å². The van der Waals surface area contributed by atoms with Crippen molar-refractivity contribution in [1.29, 1.82) is 0 Å². The van der Waals surface area contributed by atoms with Gasteiger partial charge in [-0.25, -0.2) is 4.39 Å². The van der Waals surface area contributed by atoms with Crippen molar-refractivity contribution >= 4 is 23.2 Å². The molecule has 0 bridgehead atoms. The molecule has 0 spiro atoms. The van der Waals surface area contributed by atoms with Crippen molar-refractivity contribution in [2.24, 2.45) is 4.99 Å². The Hall–Kier alpha value is -3.06. The normalized spacial score (nSPS) is 24.6. The zero-order chi connectivity index (χ0) is 22.5. The van der Waals surface area contributed by atoms with Gasteiger partial charge in [-0.05, 0) is 59.9 Å². The van der Waals surface area contributed by atoms with Crippen molar-refractivity contribution in [1.82, 2.24) is 15.2 Å². The van der Waals surface area contributed by atoms with Crippen LogP contribution in [-0.4, -0.2) is 35.8 Å². The van der Waals surface area contributed by atoms with Crippen LogP contribution in [0, 0.1) is 5.82 Å². The predicted octanol–water partition coefficient (Wildman–Crippen LogP) is 4.87. The van der Waals surface area contributed by atoms with E-state index in [0.29, 0.717) is 17.4 Å². The van der Waals surface area contributed by atoms with Gasteiger partial charge in [0, 0.05) is 30.7 Å². The second-order valence-corrected chi connectivity index (χ2v) is 9.65. The highest BCUT2D eigenvalue weighted by Gasteiger charge is 2.49. The van der Waals surface area contributed by atoms with E-state index >= 15 is 0 Å². The number of benzene rings is 1. The van der Waals surface area contributed by atoms with Crippen LogP contribution in [-0.2, 0) is 10.3 Å². The van der Waals surface area contributed by atoms with E-state index in [1.54, 1.807) is 36.5 Å². The van der Waals surface area contributed by atoms with Gasteiger partial charge in [-0.1, -0.05) is 24.3 Å². The number of carbonyl (C=O) groups excluding carboxylic acids is 1. The number of pyridine rings is 1. The van der Waals surface area contributed by atoms with E-state index in [1.807, 2.05) is 18.4 Å². The number of nitrogens with zero attached hydrogens (tertiary/aromatic N) is 3. The van der Waals surface area contributed by atoms with Gasteiger partial charge in [-0.3, -0.25) is 19.7 Å². The van der Waals surface area contributed by atoms with Crippen LogP contribution < -0.4 is 5.32 Å². The third-order valence-corrected chi connectivity index (χ3v) is 7.69. The highest BCUT2D eigenvalue weighted by Crippen LogP contribution is 2.45. The zero-order valence-electron chi connectivity index (χ0n) is 18.3. The number of hydrogen-bond donors (Lipinski definition) is 1. The first-order valence-corrected chi connectivity index (χ1v) is 11.6. The first-order valence-electron chi connectivity index (χ1n) is 10.7. The number of aromatic nitrogens is 1. The number of halogens is 1. The highest BCUT2D eigenvalue weighted by molar-refractivity contribution is 7.10. The number of amides is 1. The molecule has 2 aliphatic rings. The van der Waals surface area contributed by atoms with Crippen LogP contribution in [0.25, 0.3) is 11.1 Å². The minimum absolute atomic E-state index is 0.00612. The van der Waals surface area contributed by atoms with Gasteiger partial charge < -0.3 is 5.32 Å². The van der Waals surface area contributed by atoms with Gasteiger partial charge in [-0.15, -0.1) is 11.3 Å². The summed E-state index contributed by atoms with van der Waals surface area (Å²) in [4.78, 5) is 24.4. The van der Waals surface area contributed by atoms with E-state index in [4.69, 9.17) is 0 Å². The number of thiophene rings is 1. The number of guanidine groups is 1. The van der Waals surface area contributed by atoms with Crippen molar-refractivity contribution in [2.75, 3.05) is 14.1 Å². The van der Waals surface area contributed by atoms with Gasteiger partial charge in [-0.2, -0.15) is 0 Å². The number of hydrogen-bond acceptors (Lipinski definition) is 4. The molecule has 2 aromatic heterocycles. The lowest BCUT2D eigenvalue weighted by atomic mass is 9.76. The summed E-state index contributed by atoms with van der Waals surface area (Å²) in [5.74, 6) is 0.391. The van der Waals surface area contributed by atoms with E-state index in [2.05, 4.69) is 39.6 Å². The molecular formula is C25H25FN4OS. The van der Waals surface area contributed by atoms with Gasteiger partial charge in [0.15, 0.2) is 0 Å². The molecule has 1 saturated carbocycles. The van der Waals surface area contributed by atoms with Crippen LogP contribution in [0.5, 0.6) is 0 Å². The fraction of sp³-hybridized carbons (Fsp3) is 0.320. The fourth-order valence-electron chi connectivity index (χ4n) is 4.53. The number of rotatable bonds is 4. The molecule has 1 aromatic carbocycles. The fourth-order valence-corrected chi connectivity index (χ4v) is 5.59. The second kappa shape index (κ2) is 7.81. The van der Waals surface area contributed by atoms with Crippen LogP contribution >= 0.6 is 11.3 Å². The molecule has 0 radical (unpaired) electrons. The summed E-state index contributed by atoms with van der Waals surface area (Å²) in [5, 5.41) is 5.51. The minimum atomic E-state index is -0.705. The molecule has 0 unspecified atom stereocenters. The third kappa shape index (κ3) is 3.50. The summed E-state index contributed by atoms with van der Waals surface area (Å²) in [6, 6.07) is 12.0. The van der Waals surface area contributed by atoms with Crippen LogP contribution in [0.3, 0.4) is 0 Å². The molecule has 32 heavy (non-hydrogen) atoms. The van der Waals surface area contributed by atoms with Gasteiger partial charge in [0.2, 0.25) is 11.9 Å². The van der Waals surface area contributed by atoms with Crippen LogP contribution in [0.1, 0.15) is 47.6 Å². The second-order valence-electron chi connectivity index (χ2n) is 8.74. The highest BCUT2D eigenvalue weighted by atomic mass is 32.1. The third-order valence-electron chi connectivity index (χ3n) is 6.52. The molecule has 1 N–H and O–H groups in total. The molecule has 2 fully saturated rings. The van der Waals surface area contributed by atoms with Crippen molar-refractivity contribution in [2.45, 2.75) is 37.1 Å². The molecule has 1 aliphatic heterocycles. The van der Waals surface area contributed by atoms with E-state index < -0.39 is 11.5 Å². The summed E-state index contributed by atoms with van der Waals surface area (Å²) < 4.78 is 13.7. The van der Waals surface area contributed by atoms with E-state index in [9.17, 15) is 9.18 Å². The Morgan fingerprint density at radius 2 is 1.88 bits per heavy atom. The largest absolute Gasteiger partial charge is 0.345 e. The lowest BCUT2D eigenvalue weighted by Gasteiger charge is -2.45. The Kier molecular flexibility index (Phi) is 5.08. The summed E-state index contributed by atoms with van der Waals surface area (Å²) in [7, 11) is 3.43. The number of carbonyl (C=O) groups is 1. The molecule has 164 valence electrons. The average Bonchev–Trinajstić information content (AvgIpc) is 3.52. The van der Waals surface area contributed by atoms with E-state index in [1.165, 1.54) is 30.7 Å². The van der Waals surface area contributed by atoms with E-state index in [-0.39, 0.29) is 11.7 Å². The van der Waals surface area contributed by atoms with Gasteiger partial charge in [0.1, 0.15) is 5.82 Å². The standard InChI is InChI=1S/C25H25FN4OS/c1-25(21-11-19(14-32-21)18-10-20(26)13-28-12-18)22(23(31)30(3)24(27-2)29-25)17-8-6-16(7-9-17)15-4-5-15/h6-15,22H,4-5H2,1-3H3,(H,27,29)/t22-,25+/m0/s1. The maximum absolute atomic E-state index is 13.7. The summed E-state index contributed by atoms with van der Waals surface area (Å²) in [6.45, 7) is 2.04. The minimum Gasteiger partial charge on any atom is -0.345 e. The molecule has 1 aliphatic carbocycles. The monoisotopic (exact) mass is 448 g/mol. The van der Waals surface area contributed by atoms with Crippen LogP contribution in [0.2, 0.25) is 0 Å². The Balaban J connectivity index is 1.58.